The maximum atomic E-state index is 14.3. The van der Waals surface area contributed by atoms with Crippen LogP contribution in [-0.4, -0.2) is 69.3 Å². The van der Waals surface area contributed by atoms with Crippen molar-refractivity contribution in [3.63, 3.8) is 0 Å². The van der Waals surface area contributed by atoms with Crippen molar-refractivity contribution in [1.29, 1.82) is 0 Å². The molecule has 8 heteroatoms. The summed E-state index contributed by atoms with van der Waals surface area (Å²) >= 11 is 0. The standard InChI is InChI=1S/C22H26F2N2O4/c1-28-19-7-6-16(14-20(19)29-2)15-26(9-8-25-10-12-30-13-11-25)22(27)17-4-3-5-18(23)21(17)24/h3-7,14H,8-13,15H2,1-2H3. The number of hydrogen-bond acceptors (Lipinski definition) is 5. The van der Waals surface area contributed by atoms with Gasteiger partial charge < -0.3 is 19.1 Å². The van der Waals surface area contributed by atoms with Crippen LogP contribution >= 0.6 is 0 Å². The number of carbonyl (C=O) groups excluding carboxylic acids is 1. The van der Waals surface area contributed by atoms with E-state index in [0.717, 1.165) is 24.7 Å². The average molecular weight is 420 g/mol. The molecule has 162 valence electrons. The number of carbonyl (C=O) groups is 1. The SMILES string of the molecule is COc1ccc(CN(CCN2CCOCC2)C(=O)c2cccc(F)c2F)cc1OC. The summed E-state index contributed by atoms with van der Waals surface area (Å²) in [6.07, 6.45) is 0. The van der Waals surface area contributed by atoms with Gasteiger partial charge in [0.1, 0.15) is 0 Å². The minimum Gasteiger partial charge on any atom is -0.493 e. The lowest BCUT2D eigenvalue weighted by Gasteiger charge is -2.30. The van der Waals surface area contributed by atoms with E-state index in [4.69, 9.17) is 14.2 Å². The van der Waals surface area contributed by atoms with Crippen molar-refractivity contribution in [3.8, 4) is 11.5 Å². The van der Waals surface area contributed by atoms with Crippen LogP contribution in [-0.2, 0) is 11.3 Å². The third-order valence-electron chi connectivity index (χ3n) is 5.08. The van der Waals surface area contributed by atoms with Gasteiger partial charge in [0.2, 0.25) is 0 Å². The van der Waals surface area contributed by atoms with E-state index in [1.165, 1.54) is 24.1 Å². The predicted molar refractivity (Wildman–Crippen MR) is 108 cm³/mol. The van der Waals surface area contributed by atoms with Gasteiger partial charge in [0.25, 0.3) is 5.91 Å². The second-order valence-corrected chi connectivity index (χ2v) is 6.97. The highest BCUT2D eigenvalue weighted by atomic mass is 19.2. The Labute approximate surface area is 174 Å². The smallest absolute Gasteiger partial charge is 0.257 e. The second-order valence-electron chi connectivity index (χ2n) is 6.97. The lowest BCUT2D eigenvalue weighted by molar-refractivity contribution is 0.0319. The molecular weight excluding hydrogens is 394 g/mol. The number of methoxy groups -OCH3 is 2. The van der Waals surface area contributed by atoms with Gasteiger partial charge >= 0.3 is 0 Å². The first-order valence-electron chi connectivity index (χ1n) is 9.77. The summed E-state index contributed by atoms with van der Waals surface area (Å²) in [7, 11) is 3.08. The fraction of sp³-hybridized carbons (Fsp3) is 0.409. The van der Waals surface area contributed by atoms with Gasteiger partial charge in [-0.25, -0.2) is 8.78 Å². The lowest BCUT2D eigenvalue weighted by atomic mass is 10.1. The molecule has 1 saturated heterocycles. The van der Waals surface area contributed by atoms with Crippen LogP contribution in [0.4, 0.5) is 8.78 Å². The lowest BCUT2D eigenvalue weighted by Crippen LogP contribution is -2.43. The molecule has 30 heavy (non-hydrogen) atoms. The summed E-state index contributed by atoms with van der Waals surface area (Å²) in [4.78, 5) is 16.8. The quantitative estimate of drug-likeness (QED) is 0.657. The number of rotatable bonds is 8. The zero-order valence-corrected chi connectivity index (χ0v) is 17.2. The Bertz CT molecular complexity index is 872. The Morgan fingerprint density at radius 2 is 1.83 bits per heavy atom. The van der Waals surface area contributed by atoms with Crippen LogP contribution in [0.2, 0.25) is 0 Å². The molecule has 0 N–H and O–H groups in total. The van der Waals surface area contributed by atoms with Gasteiger partial charge in [0, 0.05) is 32.7 Å². The van der Waals surface area contributed by atoms with Gasteiger partial charge in [-0.1, -0.05) is 12.1 Å². The molecule has 3 rings (SSSR count). The minimum atomic E-state index is -1.13. The number of morpholine rings is 1. The number of halogens is 2. The van der Waals surface area contributed by atoms with Gasteiger partial charge in [0.15, 0.2) is 23.1 Å². The highest BCUT2D eigenvalue weighted by Crippen LogP contribution is 2.28. The summed E-state index contributed by atoms with van der Waals surface area (Å²) in [6, 6.07) is 8.98. The Morgan fingerprint density at radius 3 is 2.53 bits per heavy atom. The van der Waals surface area contributed by atoms with Crippen LogP contribution in [0.25, 0.3) is 0 Å². The molecule has 0 bridgehead atoms. The Balaban J connectivity index is 1.83. The van der Waals surface area contributed by atoms with Crippen LogP contribution in [0, 0.1) is 11.6 Å². The molecule has 1 amide bonds. The first-order valence-corrected chi connectivity index (χ1v) is 9.77. The van der Waals surface area contributed by atoms with Gasteiger partial charge in [-0.15, -0.1) is 0 Å². The molecule has 1 aliphatic rings. The molecule has 1 heterocycles. The molecule has 0 atom stereocenters. The van der Waals surface area contributed by atoms with E-state index < -0.39 is 17.5 Å². The Morgan fingerprint density at radius 1 is 1.10 bits per heavy atom. The van der Waals surface area contributed by atoms with E-state index in [9.17, 15) is 13.6 Å². The number of nitrogens with zero attached hydrogens (tertiary/aromatic N) is 2. The highest BCUT2D eigenvalue weighted by Gasteiger charge is 2.23. The van der Waals surface area contributed by atoms with Gasteiger partial charge in [0.05, 0.1) is 33.0 Å². The molecule has 2 aromatic carbocycles. The second kappa shape index (κ2) is 10.4. The minimum absolute atomic E-state index is 0.222. The first kappa shape index (κ1) is 22.0. The van der Waals surface area contributed by atoms with Crippen LogP contribution in [0.3, 0.4) is 0 Å². The van der Waals surface area contributed by atoms with Crippen molar-refractivity contribution < 1.29 is 27.8 Å². The predicted octanol–water partition coefficient (Wildman–Crippen LogP) is 2.96. The van der Waals surface area contributed by atoms with E-state index in [0.29, 0.717) is 37.8 Å². The van der Waals surface area contributed by atoms with Crippen molar-refractivity contribution in [3.05, 3.63) is 59.2 Å². The van der Waals surface area contributed by atoms with E-state index in [1.807, 2.05) is 6.07 Å². The average Bonchev–Trinajstić information content (AvgIpc) is 2.78. The van der Waals surface area contributed by atoms with Crippen LogP contribution in [0.5, 0.6) is 11.5 Å². The topological polar surface area (TPSA) is 51.2 Å². The number of benzene rings is 2. The van der Waals surface area contributed by atoms with Gasteiger partial charge in [-0.05, 0) is 29.8 Å². The summed E-state index contributed by atoms with van der Waals surface area (Å²) in [5.74, 6) is -1.63. The van der Waals surface area contributed by atoms with E-state index >= 15 is 0 Å². The van der Waals surface area contributed by atoms with Crippen LogP contribution in [0.1, 0.15) is 15.9 Å². The largest absolute Gasteiger partial charge is 0.493 e. The zero-order chi connectivity index (χ0) is 21.5. The van der Waals surface area contributed by atoms with Gasteiger partial charge in [-0.3, -0.25) is 9.69 Å². The molecule has 1 fully saturated rings. The molecule has 0 radical (unpaired) electrons. The van der Waals surface area contributed by atoms with Gasteiger partial charge in [-0.2, -0.15) is 0 Å². The van der Waals surface area contributed by atoms with Crippen LogP contribution in [0.15, 0.2) is 36.4 Å². The molecule has 0 aromatic heterocycles. The van der Waals surface area contributed by atoms with Crippen molar-refractivity contribution >= 4 is 5.91 Å². The maximum Gasteiger partial charge on any atom is 0.257 e. The fourth-order valence-corrected chi connectivity index (χ4v) is 3.38. The molecule has 0 saturated carbocycles. The molecule has 1 aliphatic heterocycles. The fourth-order valence-electron chi connectivity index (χ4n) is 3.38. The normalized spacial score (nSPS) is 14.4. The molecule has 0 spiro atoms. The maximum absolute atomic E-state index is 14.3. The summed E-state index contributed by atoms with van der Waals surface area (Å²) in [6.45, 7) is 4.02. The first-order chi connectivity index (χ1) is 14.5. The monoisotopic (exact) mass is 420 g/mol. The highest BCUT2D eigenvalue weighted by molar-refractivity contribution is 5.94. The van der Waals surface area contributed by atoms with Crippen molar-refractivity contribution in [2.45, 2.75) is 6.54 Å². The van der Waals surface area contributed by atoms with Crippen molar-refractivity contribution in [1.82, 2.24) is 9.80 Å². The van der Waals surface area contributed by atoms with E-state index in [1.54, 1.807) is 19.2 Å². The summed E-state index contributed by atoms with van der Waals surface area (Å²) < 4.78 is 43.9. The third-order valence-corrected chi connectivity index (χ3v) is 5.08. The van der Waals surface area contributed by atoms with Crippen LogP contribution < -0.4 is 9.47 Å². The molecule has 2 aromatic rings. The molecule has 0 aliphatic carbocycles. The van der Waals surface area contributed by atoms with Crippen molar-refractivity contribution in [2.24, 2.45) is 0 Å². The molecule has 6 nitrogen and oxygen atoms in total. The Hall–Kier alpha value is -2.71. The summed E-state index contributed by atoms with van der Waals surface area (Å²) in [5, 5.41) is 0. The Kier molecular flexibility index (Phi) is 7.59. The molecule has 0 unspecified atom stereocenters. The number of amides is 1. The van der Waals surface area contributed by atoms with E-state index in [2.05, 4.69) is 4.90 Å². The number of ether oxygens (including phenoxy) is 3. The zero-order valence-electron chi connectivity index (χ0n) is 17.2. The third kappa shape index (κ3) is 5.25. The molecular formula is C22H26F2N2O4. The summed E-state index contributed by atoms with van der Waals surface area (Å²) in [5.41, 5.74) is 0.511. The van der Waals surface area contributed by atoms with Crippen molar-refractivity contribution in [2.75, 3.05) is 53.6 Å². The van der Waals surface area contributed by atoms with E-state index in [-0.39, 0.29) is 12.1 Å². The number of hydrogen-bond donors (Lipinski definition) is 0.